The molecule has 2 aromatic heterocycles. The molecular formula is C15H16N2O. The third kappa shape index (κ3) is 1.59. The molecule has 18 heavy (non-hydrogen) atoms. The minimum atomic E-state index is -0.222. The Labute approximate surface area is 105 Å². The molecule has 2 heterocycles. The molecule has 0 unspecified atom stereocenters. The first kappa shape index (κ1) is 11.2. The van der Waals surface area contributed by atoms with Crippen LogP contribution in [0, 0.1) is 0 Å². The van der Waals surface area contributed by atoms with Gasteiger partial charge in [-0.1, -0.05) is 19.9 Å². The van der Waals surface area contributed by atoms with E-state index in [9.17, 15) is 5.11 Å². The number of rotatable bonds is 2. The average Bonchev–Trinajstić information content (AvgIpc) is 2.76. The lowest BCUT2D eigenvalue weighted by molar-refractivity contribution is 0.218. The van der Waals surface area contributed by atoms with E-state index in [0.29, 0.717) is 0 Å². The molecule has 0 spiro atoms. The van der Waals surface area contributed by atoms with Crippen LogP contribution < -0.4 is 0 Å². The van der Waals surface area contributed by atoms with Crippen LogP contribution >= 0.6 is 0 Å². The molecule has 0 aliphatic carbocycles. The topological polar surface area (TPSA) is 48.9 Å². The summed E-state index contributed by atoms with van der Waals surface area (Å²) in [5.74, 6) is 0. The Morgan fingerprint density at radius 1 is 1.22 bits per heavy atom. The summed E-state index contributed by atoms with van der Waals surface area (Å²) in [6.07, 6.45) is 1.79. The lowest BCUT2D eigenvalue weighted by atomic mass is 9.85. The summed E-state index contributed by atoms with van der Waals surface area (Å²) in [5, 5.41) is 11.8. The zero-order valence-electron chi connectivity index (χ0n) is 10.6. The van der Waals surface area contributed by atoms with Gasteiger partial charge in [0.1, 0.15) is 5.65 Å². The minimum absolute atomic E-state index is 0.138. The molecule has 0 saturated carbocycles. The van der Waals surface area contributed by atoms with E-state index < -0.39 is 0 Å². The van der Waals surface area contributed by atoms with Gasteiger partial charge in [0.2, 0.25) is 0 Å². The van der Waals surface area contributed by atoms with Crippen molar-refractivity contribution in [2.75, 3.05) is 6.61 Å². The van der Waals surface area contributed by atoms with Crippen molar-refractivity contribution >= 4 is 21.9 Å². The molecule has 2 N–H and O–H groups in total. The van der Waals surface area contributed by atoms with E-state index in [-0.39, 0.29) is 12.0 Å². The largest absolute Gasteiger partial charge is 0.395 e. The fourth-order valence-corrected chi connectivity index (χ4v) is 2.24. The van der Waals surface area contributed by atoms with Crippen LogP contribution in [0.5, 0.6) is 0 Å². The number of nitrogens with one attached hydrogen (secondary N) is 1. The smallest absolute Gasteiger partial charge is 0.138 e. The molecule has 0 bridgehead atoms. The van der Waals surface area contributed by atoms with E-state index in [1.54, 1.807) is 6.20 Å². The molecule has 92 valence electrons. The van der Waals surface area contributed by atoms with Crippen LogP contribution in [0.2, 0.25) is 0 Å². The Kier molecular flexibility index (Phi) is 2.38. The lowest BCUT2D eigenvalue weighted by Gasteiger charge is -2.22. The summed E-state index contributed by atoms with van der Waals surface area (Å²) in [7, 11) is 0. The minimum Gasteiger partial charge on any atom is -0.395 e. The molecular weight excluding hydrogens is 224 g/mol. The van der Waals surface area contributed by atoms with Gasteiger partial charge in [0.25, 0.3) is 0 Å². The second-order valence-electron chi connectivity index (χ2n) is 5.33. The van der Waals surface area contributed by atoms with E-state index in [0.717, 1.165) is 27.5 Å². The number of fused-ring (bicyclic) bond motifs is 3. The number of pyridine rings is 1. The summed E-state index contributed by atoms with van der Waals surface area (Å²) >= 11 is 0. The zero-order chi connectivity index (χ0) is 12.8. The maximum absolute atomic E-state index is 9.46. The molecule has 0 radical (unpaired) electrons. The third-order valence-electron chi connectivity index (χ3n) is 3.55. The van der Waals surface area contributed by atoms with Crippen LogP contribution in [0.3, 0.4) is 0 Å². The maximum Gasteiger partial charge on any atom is 0.138 e. The van der Waals surface area contributed by atoms with E-state index in [4.69, 9.17) is 0 Å². The Bertz CT molecular complexity index is 713. The van der Waals surface area contributed by atoms with Gasteiger partial charge in [0.15, 0.2) is 0 Å². The Hall–Kier alpha value is -1.87. The monoisotopic (exact) mass is 240 g/mol. The second-order valence-corrected chi connectivity index (χ2v) is 5.33. The first-order valence-corrected chi connectivity index (χ1v) is 6.09. The number of aromatic nitrogens is 2. The Morgan fingerprint density at radius 2 is 2.06 bits per heavy atom. The fourth-order valence-electron chi connectivity index (χ4n) is 2.24. The van der Waals surface area contributed by atoms with Crippen molar-refractivity contribution in [3.63, 3.8) is 0 Å². The molecule has 3 heteroatoms. The van der Waals surface area contributed by atoms with E-state index in [1.165, 1.54) is 0 Å². The SMILES string of the molecule is CC(C)(CO)c1ccc2[nH]c3ncccc3c2c1. The van der Waals surface area contributed by atoms with E-state index in [2.05, 4.69) is 34.2 Å². The fraction of sp³-hybridized carbons (Fsp3) is 0.267. The van der Waals surface area contributed by atoms with Crippen molar-refractivity contribution in [1.82, 2.24) is 9.97 Å². The Balaban J connectivity index is 2.31. The number of hydrogen-bond acceptors (Lipinski definition) is 2. The van der Waals surface area contributed by atoms with Crippen LogP contribution in [0.4, 0.5) is 0 Å². The van der Waals surface area contributed by atoms with Crippen LogP contribution in [-0.4, -0.2) is 21.7 Å². The van der Waals surface area contributed by atoms with Gasteiger partial charge in [-0.15, -0.1) is 0 Å². The number of aliphatic hydroxyl groups is 1. The highest BCUT2D eigenvalue weighted by atomic mass is 16.3. The van der Waals surface area contributed by atoms with Gasteiger partial charge >= 0.3 is 0 Å². The van der Waals surface area contributed by atoms with Gasteiger partial charge in [-0.3, -0.25) is 0 Å². The zero-order valence-corrected chi connectivity index (χ0v) is 10.6. The number of nitrogens with zero attached hydrogens (tertiary/aromatic N) is 1. The van der Waals surface area contributed by atoms with Crippen molar-refractivity contribution in [1.29, 1.82) is 0 Å². The first-order chi connectivity index (χ1) is 8.62. The van der Waals surface area contributed by atoms with Gasteiger partial charge in [-0.2, -0.15) is 0 Å². The standard InChI is InChI=1S/C15H16N2O/c1-15(2,9-18)10-5-6-13-12(8-10)11-4-3-7-16-14(11)17-13/h3-8,18H,9H2,1-2H3,(H,16,17). The Morgan fingerprint density at radius 3 is 2.83 bits per heavy atom. The first-order valence-electron chi connectivity index (χ1n) is 6.09. The summed E-state index contributed by atoms with van der Waals surface area (Å²) in [6.45, 7) is 4.22. The molecule has 0 aliphatic rings. The van der Waals surface area contributed by atoms with Crippen molar-refractivity contribution in [2.45, 2.75) is 19.3 Å². The van der Waals surface area contributed by atoms with Gasteiger partial charge in [0, 0.05) is 27.9 Å². The van der Waals surface area contributed by atoms with Gasteiger partial charge < -0.3 is 10.1 Å². The molecule has 0 amide bonds. The van der Waals surface area contributed by atoms with Crippen molar-refractivity contribution < 1.29 is 5.11 Å². The normalized spacial score (nSPS) is 12.4. The lowest BCUT2D eigenvalue weighted by Crippen LogP contribution is -2.21. The van der Waals surface area contributed by atoms with Crippen LogP contribution in [0.1, 0.15) is 19.4 Å². The molecule has 1 aromatic carbocycles. The summed E-state index contributed by atoms with van der Waals surface area (Å²) in [6, 6.07) is 10.3. The van der Waals surface area contributed by atoms with Gasteiger partial charge in [0.05, 0.1) is 6.61 Å². The average molecular weight is 240 g/mol. The number of hydrogen-bond donors (Lipinski definition) is 2. The van der Waals surface area contributed by atoms with Crippen LogP contribution in [0.25, 0.3) is 21.9 Å². The summed E-state index contributed by atoms with van der Waals surface area (Å²) in [5.41, 5.74) is 2.91. The van der Waals surface area contributed by atoms with Crippen molar-refractivity contribution in [3.8, 4) is 0 Å². The number of benzene rings is 1. The van der Waals surface area contributed by atoms with Crippen molar-refractivity contribution in [3.05, 3.63) is 42.1 Å². The van der Waals surface area contributed by atoms with Gasteiger partial charge in [-0.05, 0) is 29.8 Å². The quantitative estimate of drug-likeness (QED) is 0.723. The van der Waals surface area contributed by atoms with Gasteiger partial charge in [-0.25, -0.2) is 4.98 Å². The predicted octanol–water partition coefficient (Wildman–Crippen LogP) is 2.99. The molecule has 3 rings (SSSR count). The highest BCUT2D eigenvalue weighted by Crippen LogP contribution is 2.29. The van der Waals surface area contributed by atoms with Crippen molar-refractivity contribution in [2.24, 2.45) is 0 Å². The predicted molar refractivity (Wildman–Crippen MR) is 73.7 cm³/mol. The molecule has 3 aromatic rings. The number of H-pyrrole nitrogens is 1. The molecule has 0 fully saturated rings. The molecule has 0 aliphatic heterocycles. The molecule has 0 atom stereocenters. The summed E-state index contributed by atoms with van der Waals surface area (Å²) < 4.78 is 0. The highest BCUT2D eigenvalue weighted by molar-refractivity contribution is 6.05. The van der Waals surface area contributed by atoms with E-state index >= 15 is 0 Å². The maximum atomic E-state index is 9.46. The number of aliphatic hydroxyl groups excluding tert-OH is 1. The number of aromatic amines is 1. The molecule has 3 nitrogen and oxygen atoms in total. The third-order valence-corrected chi connectivity index (χ3v) is 3.55. The molecule has 0 saturated heterocycles. The highest BCUT2D eigenvalue weighted by Gasteiger charge is 2.20. The second kappa shape index (κ2) is 3.82. The van der Waals surface area contributed by atoms with Crippen LogP contribution in [-0.2, 0) is 5.41 Å². The summed E-state index contributed by atoms with van der Waals surface area (Å²) in [4.78, 5) is 7.63. The van der Waals surface area contributed by atoms with Crippen LogP contribution in [0.15, 0.2) is 36.5 Å². The van der Waals surface area contributed by atoms with E-state index in [1.807, 2.05) is 19.9 Å².